The molecule has 0 spiro atoms. The molecule has 47 heavy (non-hydrogen) atoms. The number of methoxy groups -OCH3 is 3. The Morgan fingerprint density at radius 1 is 1.00 bits per heavy atom. The van der Waals surface area contributed by atoms with Crippen molar-refractivity contribution in [2.75, 3.05) is 72.0 Å². The number of benzene rings is 2. The second-order valence-electron chi connectivity index (χ2n) is 12.3. The molecule has 12 nitrogen and oxygen atoms in total. The Kier molecular flexibility index (Phi) is 9.95. The van der Waals surface area contributed by atoms with Gasteiger partial charge in [0.2, 0.25) is 17.6 Å². The van der Waals surface area contributed by atoms with Crippen molar-refractivity contribution in [2.24, 2.45) is 5.92 Å². The summed E-state index contributed by atoms with van der Waals surface area (Å²) < 4.78 is 18.9. The summed E-state index contributed by atoms with van der Waals surface area (Å²) in [6.07, 6.45) is 4.19. The predicted octanol–water partition coefficient (Wildman–Crippen LogP) is 3.70. The molecule has 6 rings (SSSR count). The zero-order chi connectivity index (χ0) is 32.9. The van der Waals surface area contributed by atoms with Crippen molar-refractivity contribution in [3.8, 4) is 17.2 Å². The SMILES string of the molecule is CCN1CCN(C(=O)Cn2cc3ccccc3n2)CCC(=O)NCC2CCCN(C2)c2nc3cc(OC)c(OC)c(OC)c3cc2C1. The Labute approximate surface area is 275 Å². The van der Waals surface area contributed by atoms with Crippen LogP contribution < -0.4 is 24.4 Å². The van der Waals surface area contributed by atoms with Crippen LogP contribution in [0.1, 0.15) is 31.7 Å². The molecule has 1 fully saturated rings. The highest BCUT2D eigenvalue weighted by molar-refractivity contribution is 5.92. The molecule has 2 aliphatic rings. The van der Waals surface area contributed by atoms with Gasteiger partial charge in [-0.3, -0.25) is 19.2 Å². The second kappa shape index (κ2) is 14.5. The number of rotatable bonds is 6. The summed E-state index contributed by atoms with van der Waals surface area (Å²) in [5.41, 5.74) is 2.69. The number of aromatic nitrogens is 3. The summed E-state index contributed by atoms with van der Waals surface area (Å²) in [4.78, 5) is 38.4. The molecule has 2 aromatic heterocycles. The van der Waals surface area contributed by atoms with E-state index in [1.807, 2.05) is 36.5 Å². The molecule has 4 aromatic rings. The Hall–Kier alpha value is -4.58. The lowest BCUT2D eigenvalue weighted by atomic mass is 9.97. The van der Waals surface area contributed by atoms with Crippen molar-refractivity contribution in [1.29, 1.82) is 0 Å². The lowest BCUT2D eigenvalue weighted by Gasteiger charge is -2.35. The van der Waals surface area contributed by atoms with Crippen molar-refractivity contribution in [2.45, 2.75) is 39.3 Å². The summed E-state index contributed by atoms with van der Waals surface area (Å²) in [6.45, 7) is 7.39. The summed E-state index contributed by atoms with van der Waals surface area (Å²) >= 11 is 0. The normalized spacial score (nSPS) is 18.3. The third-order valence-corrected chi connectivity index (χ3v) is 9.33. The number of hydrogen-bond donors (Lipinski definition) is 1. The van der Waals surface area contributed by atoms with Gasteiger partial charge in [-0.15, -0.1) is 0 Å². The van der Waals surface area contributed by atoms with E-state index >= 15 is 0 Å². The van der Waals surface area contributed by atoms with Crippen LogP contribution >= 0.6 is 0 Å². The number of likely N-dealkylation sites (N-methyl/N-ethyl adjacent to an activating group) is 1. The van der Waals surface area contributed by atoms with Gasteiger partial charge in [0.15, 0.2) is 11.5 Å². The van der Waals surface area contributed by atoms with Crippen molar-refractivity contribution in [1.82, 2.24) is 29.9 Å². The summed E-state index contributed by atoms with van der Waals surface area (Å²) in [5.74, 6) is 2.78. The quantitative estimate of drug-likeness (QED) is 0.336. The Bertz CT molecular complexity index is 1710. The number of piperidine rings is 1. The number of amides is 2. The van der Waals surface area contributed by atoms with Crippen LogP contribution in [0.5, 0.6) is 17.2 Å². The Morgan fingerprint density at radius 3 is 2.60 bits per heavy atom. The first kappa shape index (κ1) is 32.4. The first-order valence-electron chi connectivity index (χ1n) is 16.5. The van der Waals surface area contributed by atoms with Gasteiger partial charge in [0.1, 0.15) is 12.4 Å². The monoisotopic (exact) mass is 643 g/mol. The Balaban J connectivity index is 1.33. The molecule has 1 N–H and O–H groups in total. The highest BCUT2D eigenvalue weighted by Gasteiger charge is 2.27. The average Bonchev–Trinajstić information content (AvgIpc) is 3.50. The van der Waals surface area contributed by atoms with Crippen LogP contribution in [-0.4, -0.2) is 104 Å². The lowest BCUT2D eigenvalue weighted by Crippen LogP contribution is -2.43. The Morgan fingerprint density at radius 2 is 1.83 bits per heavy atom. The van der Waals surface area contributed by atoms with Crippen molar-refractivity contribution >= 4 is 39.4 Å². The molecule has 1 saturated heterocycles. The zero-order valence-electron chi connectivity index (χ0n) is 27.8. The van der Waals surface area contributed by atoms with Gasteiger partial charge in [0.05, 0.1) is 32.4 Å². The van der Waals surface area contributed by atoms with E-state index in [2.05, 4.69) is 33.2 Å². The molecule has 12 heteroatoms. The van der Waals surface area contributed by atoms with E-state index in [-0.39, 0.29) is 30.7 Å². The minimum atomic E-state index is -0.0632. The van der Waals surface area contributed by atoms with Gasteiger partial charge in [-0.2, -0.15) is 5.10 Å². The summed E-state index contributed by atoms with van der Waals surface area (Å²) in [6, 6.07) is 11.9. The number of ether oxygens (including phenoxy) is 3. The van der Waals surface area contributed by atoms with E-state index in [0.717, 1.165) is 65.7 Å². The topological polar surface area (TPSA) is 114 Å². The number of anilines is 1. The van der Waals surface area contributed by atoms with Crippen LogP contribution in [0, 0.1) is 5.92 Å². The highest BCUT2D eigenvalue weighted by atomic mass is 16.5. The van der Waals surface area contributed by atoms with Gasteiger partial charge in [-0.25, -0.2) is 4.98 Å². The molecule has 1 atom stereocenters. The van der Waals surface area contributed by atoms with Gasteiger partial charge in [-0.1, -0.05) is 25.1 Å². The first-order chi connectivity index (χ1) is 22.9. The molecule has 2 bridgehead atoms. The molecule has 2 amide bonds. The van der Waals surface area contributed by atoms with Crippen molar-refractivity contribution in [3.05, 3.63) is 48.2 Å². The lowest BCUT2D eigenvalue weighted by molar-refractivity contribution is -0.133. The van der Waals surface area contributed by atoms with Crippen molar-refractivity contribution in [3.63, 3.8) is 0 Å². The minimum Gasteiger partial charge on any atom is -0.493 e. The van der Waals surface area contributed by atoms with Gasteiger partial charge in [-0.05, 0) is 37.4 Å². The number of nitrogens with zero attached hydrogens (tertiary/aromatic N) is 6. The molecular formula is C35H45N7O5. The van der Waals surface area contributed by atoms with E-state index in [0.29, 0.717) is 50.0 Å². The smallest absolute Gasteiger partial charge is 0.244 e. The molecule has 0 radical (unpaired) electrons. The molecule has 0 saturated carbocycles. The van der Waals surface area contributed by atoms with Crippen LogP contribution in [0.4, 0.5) is 5.82 Å². The fourth-order valence-corrected chi connectivity index (χ4v) is 6.77. The van der Waals surface area contributed by atoms with Crippen LogP contribution in [-0.2, 0) is 22.7 Å². The number of carbonyl (C=O) groups excluding carboxylic acids is 2. The molecule has 2 aliphatic heterocycles. The summed E-state index contributed by atoms with van der Waals surface area (Å²) in [5, 5.41) is 9.58. The predicted molar refractivity (Wildman–Crippen MR) is 181 cm³/mol. The third-order valence-electron chi connectivity index (χ3n) is 9.33. The number of pyridine rings is 1. The standard InChI is InChI=1S/C35H45N7O5/c1-5-39-15-16-40(32(44)23-42-22-25-10-6-7-11-28(25)38-42)14-12-31(43)36-19-24-9-8-13-41(20-24)35-26(21-39)17-27-29(37-35)18-30(45-2)34(47-4)33(27)46-3/h6-7,10-11,17-18,22,24H,5,8-9,12-16,19-21,23H2,1-4H3,(H,36,43). The van der Waals surface area contributed by atoms with E-state index in [9.17, 15) is 9.59 Å². The van der Waals surface area contributed by atoms with Gasteiger partial charge >= 0.3 is 0 Å². The fourth-order valence-electron chi connectivity index (χ4n) is 6.77. The molecule has 1 unspecified atom stereocenters. The maximum absolute atomic E-state index is 13.7. The second-order valence-corrected chi connectivity index (χ2v) is 12.3. The third kappa shape index (κ3) is 7.07. The summed E-state index contributed by atoms with van der Waals surface area (Å²) in [7, 11) is 4.85. The van der Waals surface area contributed by atoms with Crippen molar-refractivity contribution < 1.29 is 23.8 Å². The zero-order valence-corrected chi connectivity index (χ0v) is 27.8. The van der Waals surface area contributed by atoms with E-state index in [4.69, 9.17) is 19.2 Å². The van der Waals surface area contributed by atoms with E-state index in [1.165, 1.54) is 0 Å². The fraction of sp³-hybridized carbons (Fsp3) is 0.486. The average molecular weight is 644 g/mol. The van der Waals surface area contributed by atoms with Crippen LogP contribution in [0.15, 0.2) is 42.6 Å². The van der Waals surface area contributed by atoms with Crippen LogP contribution in [0.2, 0.25) is 0 Å². The molecule has 4 heterocycles. The molecular weight excluding hydrogens is 598 g/mol. The van der Waals surface area contributed by atoms with Crippen LogP contribution in [0.3, 0.4) is 0 Å². The molecule has 250 valence electrons. The van der Waals surface area contributed by atoms with E-state index in [1.54, 1.807) is 30.9 Å². The van der Waals surface area contributed by atoms with Gasteiger partial charge < -0.3 is 29.3 Å². The number of nitrogens with one attached hydrogen (secondary N) is 1. The number of hydrogen-bond acceptors (Lipinski definition) is 9. The maximum Gasteiger partial charge on any atom is 0.244 e. The minimum absolute atomic E-state index is 0.0374. The first-order valence-corrected chi connectivity index (χ1v) is 16.5. The van der Waals surface area contributed by atoms with Gasteiger partial charge in [0, 0.05) is 80.8 Å². The number of carbonyl (C=O) groups is 2. The molecule has 2 aromatic carbocycles. The van der Waals surface area contributed by atoms with E-state index < -0.39 is 0 Å². The maximum atomic E-state index is 13.7. The largest absolute Gasteiger partial charge is 0.493 e. The highest BCUT2D eigenvalue weighted by Crippen LogP contribution is 2.44. The van der Waals surface area contributed by atoms with Gasteiger partial charge in [0.25, 0.3) is 0 Å². The van der Waals surface area contributed by atoms with Crippen LogP contribution in [0.25, 0.3) is 21.8 Å². The molecule has 0 aliphatic carbocycles. The number of fused-ring (bicyclic) bond motifs is 6.